The second kappa shape index (κ2) is 9.06. The number of amides is 1. The van der Waals surface area contributed by atoms with Crippen LogP contribution >= 0.6 is 0 Å². The zero-order valence-corrected chi connectivity index (χ0v) is 18.2. The number of nitrogen functional groups attached to an aromatic ring is 1. The van der Waals surface area contributed by atoms with Crippen LogP contribution in [-0.4, -0.2) is 66.2 Å². The summed E-state index contributed by atoms with van der Waals surface area (Å²) in [5, 5.41) is 13.7. The van der Waals surface area contributed by atoms with Gasteiger partial charge in [-0.2, -0.15) is 41.2 Å². The molecule has 3 N–H and O–H groups in total. The molecule has 0 bridgehead atoms. The molecule has 1 aromatic carbocycles. The van der Waals surface area contributed by atoms with Crippen LogP contribution < -0.4 is 5.73 Å². The number of carbonyl (C=O) groups is 2. The standard InChI is InChI=1S/C19H15F6N7O4/c1-9-3-4-10(5-11(9)12-6-28-13(26)14(30-12)32-8-27-7-29-32)17(35,19(23,24)25)15(33)31(2)36-16(34)18(20,21)22/h3-8,35H,1-2H3,(H2,26,28)/t17-/m0/s1. The third-order valence-electron chi connectivity index (χ3n) is 4.81. The Labute approximate surface area is 197 Å². The fourth-order valence-corrected chi connectivity index (χ4v) is 2.98. The Bertz CT molecular complexity index is 1300. The van der Waals surface area contributed by atoms with Crippen molar-refractivity contribution in [1.82, 2.24) is 29.8 Å². The van der Waals surface area contributed by atoms with Crippen molar-refractivity contribution in [3.05, 3.63) is 48.2 Å². The van der Waals surface area contributed by atoms with Crippen molar-refractivity contribution >= 4 is 17.7 Å². The van der Waals surface area contributed by atoms with Gasteiger partial charge in [-0.15, -0.1) is 0 Å². The van der Waals surface area contributed by atoms with Gasteiger partial charge in [0.15, 0.2) is 11.6 Å². The highest BCUT2D eigenvalue weighted by atomic mass is 19.4. The second-order valence-corrected chi connectivity index (χ2v) is 7.22. The highest BCUT2D eigenvalue weighted by Crippen LogP contribution is 2.42. The third-order valence-corrected chi connectivity index (χ3v) is 4.81. The van der Waals surface area contributed by atoms with Crippen LogP contribution in [0.4, 0.5) is 32.2 Å². The van der Waals surface area contributed by atoms with Gasteiger partial charge < -0.3 is 15.7 Å². The number of hydrogen-bond acceptors (Lipinski definition) is 9. The van der Waals surface area contributed by atoms with Crippen LogP contribution in [0, 0.1) is 6.92 Å². The highest BCUT2D eigenvalue weighted by molar-refractivity contribution is 5.88. The number of likely N-dealkylation sites (N-methyl/N-ethyl adjacent to an activating group) is 1. The molecule has 0 aliphatic carbocycles. The van der Waals surface area contributed by atoms with Gasteiger partial charge in [0, 0.05) is 18.2 Å². The van der Waals surface area contributed by atoms with E-state index in [0.717, 1.165) is 35.4 Å². The minimum Gasteiger partial charge on any atom is -0.381 e. The van der Waals surface area contributed by atoms with Crippen LogP contribution in [0.15, 0.2) is 37.1 Å². The number of aliphatic hydroxyl groups is 1. The number of rotatable bonds is 4. The van der Waals surface area contributed by atoms with E-state index in [1.54, 1.807) is 0 Å². The molecule has 2 heterocycles. The number of nitrogens with two attached hydrogens (primary N) is 1. The van der Waals surface area contributed by atoms with Gasteiger partial charge in [0.05, 0.1) is 11.9 Å². The first kappa shape index (κ1) is 26.3. The molecule has 17 heteroatoms. The maximum absolute atomic E-state index is 14.0. The summed E-state index contributed by atoms with van der Waals surface area (Å²) < 4.78 is 80.4. The van der Waals surface area contributed by atoms with Crippen LogP contribution in [0.5, 0.6) is 0 Å². The van der Waals surface area contributed by atoms with E-state index in [2.05, 4.69) is 24.9 Å². The molecule has 0 saturated carbocycles. The number of nitrogens with zero attached hydrogens (tertiary/aromatic N) is 6. The van der Waals surface area contributed by atoms with Gasteiger partial charge in [-0.1, -0.05) is 12.1 Å². The van der Waals surface area contributed by atoms with E-state index in [1.165, 1.54) is 13.3 Å². The molecule has 3 aromatic rings. The maximum atomic E-state index is 14.0. The quantitative estimate of drug-likeness (QED) is 0.389. The average molecular weight is 519 g/mol. The molecule has 0 aliphatic heterocycles. The van der Waals surface area contributed by atoms with Crippen molar-refractivity contribution in [2.75, 3.05) is 12.8 Å². The molecule has 2 aromatic heterocycles. The van der Waals surface area contributed by atoms with Crippen LogP contribution in [0.3, 0.4) is 0 Å². The zero-order chi connectivity index (χ0) is 27.1. The van der Waals surface area contributed by atoms with Crippen LogP contribution in [0.25, 0.3) is 17.1 Å². The topological polar surface area (TPSA) is 149 Å². The van der Waals surface area contributed by atoms with Crippen LogP contribution in [-0.2, 0) is 20.0 Å². The number of anilines is 1. The van der Waals surface area contributed by atoms with Crippen molar-refractivity contribution in [1.29, 1.82) is 0 Å². The smallest absolute Gasteiger partial charge is 0.381 e. The van der Waals surface area contributed by atoms with Crippen molar-refractivity contribution < 1.29 is 45.9 Å². The zero-order valence-electron chi connectivity index (χ0n) is 18.2. The van der Waals surface area contributed by atoms with E-state index in [9.17, 15) is 41.0 Å². The summed E-state index contributed by atoms with van der Waals surface area (Å²) in [6, 6.07) is 2.57. The lowest BCUT2D eigenvalue weighted by Gasteiger charge is -2.32. The highest BCUT2D eigenvalue weighted by Gasteiger charge is 2.63. The van der Waals surface area contributed by atoms with Gasteiger partial charge in [0.2, 0.25) is 0 Å². The summed E-state index contributed by atoms with van der Waals surface area (Å²) in [5.41, 5.74) is 0.476. The predicted octanol–water partition coefficient (Wildman–Crippen LogP) is 1.84. The maximum Gasteiger partial charge on any atom is 0.493 e. The average Bonchev–Trinajstić information content (AvgIpc) is 3.32. The van der Waals surface area contributed by atoms with Gasteiger partial charge in [-0.05, 0) is 18.6 Å². The predicted molar refractivity (Wildman–Crippen MR) is 106 cm³/mol. The number of halogens is 6. The normalized spacial score (nSPS) is 13.7. The van der Waals surface area contributed by atoms with Gasteiger partial charge in [0.25, 0.3) is 5.60 Å². The summed E-state index contributed by atoms with van der Waals surface area (Å²) in [6.45, 7) is 1.47. The SMILES string of the molecule is Cc1ccc([C@](O)(C(=O)N(C)OC(=O)C(F)(F)F)C(F)(F)F)cc1-c1cnc(N)c(-n2cncn2)n1. The molecule has 0 spiro atoms. The summed E-state index contributed by atoms with van der Waals surface area (Å²) in [7, 11) is 0.313. The Balaban J connectivity index is 2.10. The van der Waals surface area contributed by atoms with Crippen LogP contribution in [0.2, 0.25) is 0 Å². The number of alkyl halides is 6. The number of hydrogen-bond donors (Lipinski definition) is 2. The molecule has 36 heavy (non-hydrogen) atoms. The summed E-state index contributed by atoms with van der Waals surface area (Å²) >= 11 is 0. The first-order chi connectivity index (χ1) is 16.6. The second-order valence-electron chi connectivity index (χ2n) is 7.22. The van der Waals surface area contributed by atoms with E-state index >= 15 is 0 Å². The molecule has 0 aliphatic rings. The third kappa shape index (κ3) is 4.77. The lowest BCUT2D eigenvalue weighted by atomic mass is 9.88. The molecule has 11 nitrogen and oxygen atoms in total. The molecule has 1 atom stereocenters. The minimum absolute atomic E-state index is 0.0317. The molecular weight excluding hydrogens is 504 g/mol. The van der Waals surface area contributed by atoms with Crippen molar-refractivity contribution in [3.8, 4) is 17.1 Å². The van der Waals surface area contributed by atoms with Crippen molar-refractivity contribution in [2.45, 2.75) is 24.9 Å². The van der Waals surface area contributed by atoms with E-state index in [0.29, 0.717) is 12.6 Å². The van der Waals surface area contributed by atoms with E-state index in [4.69, 9.17) is 5.73 Å². The molecule has 192 valence electrons. The molecule has 3 rings (SSSR count). The number of benzene rings is 1. The number of aromatic nitrogens is 5. The Morgan fingerprint density at radius 2 is 1.83 bits per heavy atom. The van der Waals surface area contributed by atoms with Gasteiger partial charge in [-0.25, -0.2) is 19.7 Å². The number of hydroxylamine groups is 2. The first-order valence-electron chi connectivity index (χ1n) is 9.52. The summed E-state index contributed by atoms with van der Waals surface area (Å²) in [4.78, 5) is 39.0. The lowest BCUT2D eigenvalue weighted by Crippen LogP contribution is -2.55. The van der Waals surface area contributed by atoms with E-state index in [1.807, 2.05) is 0 Å². The van der Waals surface area contributed by atoms with E-state index < -0.39 is 40.5 Å². The Kier molecular flexibility index (Phi) is 6.63. The Hall–Kier alpha value is -4.28. The number of carbonyl (C=O) groups excluding carboxylic acids is 2. The summed E-state index contributed by atoms with van der Waals surface area (Å²) in [6.07, 6.45) is -7.87. The van der Waals surface area contributed by atoms with Crippen molar-refractivity contribution in [2.24, 2.45) is 0 Å². The van der Waals surface area contributed by atoms with Gasteiger partial charge in [0.1, 0.15) is 12.7 Å². The fraction of sp³-hybridized carbons (Fsp3) is 0.263. The Morgan fingerprint density at radius 1 is 1.17 bits per heavy atom. The summed E-state index contributed by atoms with van der Waals surface area (Å²) in [5.74, 6) is -5.51. The minimum atomic E-state index is -5.76. The van der Waals surface area contributed by atoms with Gasteiger partial charge >= 0.3 is 24.2 Å². The Morgan fingerprint density at radius 3 is 2.39 bits per heavy atom. The lowest BCUT2D eigenvalue weighted by molar-refractivity contribution is -0.278. The van der Waals surface area contributed by atoms with E-state index in [-0.39, 0.29) is 22.9 Å². The molecular formula is C19H15F6N7O4. The molecule has 1 amide bonds. The van der Waals surface area contributed by atoms with Crippen molar-refractivity contribution in [3.63, 3.8) is 0 Å². The fourth-order valence-electron chi connectivity index (χ4n) is 2.98. The molecule has 0 saturated heterocycles. The van der Waals surface area contributed by atoms with Gasteiger partial charge in [-0.3, -0.25) is 4.79 Å². The monoisotopic (exact) mass is 519 g/mol. The first-order valence-corrected chi connectivity index (χ1v) is 9.52. The molecule has 0 unspecified atom stereocenters. The molecule has 0 radical (unpaired) electrons. The molecule has 0 fully saturated rings. The van der Waals surface area contributed by atoms with Crippen LogP contribution in [0.1, 0.15) is 11.1 Å². The number of aryl methyl sites for hydroxylation is 1. The largest absolute Gasteiger partial charge is 0.493 e.